The van der Waals surface area contributed by atoms with Gasteiger partial charge in [0, 0.05) is 28.6 Å². The average molecular weight is 394 g/mol. The van der Waals surface area contributed by atoms with Crippen LogP contribution in [-0.2, 0) is 9.84 Å². The van der Waals surface area contributed by atoms with Crippen LogP contribution in [0.15, 0.2) is 23.4 Å². The summed E-state index contributed by atoms with van der Waals surface area (Å²) in [5.74, 6) is 1.17. The summed E-state index contributed by atoms with van der Waals surface area (Å²) in [5.41, 5.74) is 0.743. The smallest absolute Gasteiger partial charge is 0.191 e. The van der Waals surface area contributed by atoms with Gasteiger partial charge in [0.25, 0.3) is 0 Å². The molecule has 0 saturated carbocycles. The fraction of sp³-hybridized carbons (Fsp3) is 0.429. The lowest BCUT2D eigenvalue weighted by Gasteiger charge is -2.14. The number of benzene rings is 1. The Bertz CT molecular complexity index is 804. The SMILES string of the molecule is CC(C)n1c(SCCS(C)(=O)=O)nnc1-c1ccc(Cl)cc1Cl. The lowest BCUT2D eigenvalue weighted by molar-refractivity contribution is 0.555. The molecule has 23 heavy (non-hydrogen) atoms. The number of sulfone groups is 1. The van der Waals surface area contributed by atoms with Crippen LogP contribution in [0, 0.1) is 0 Å². The van der Waals surface area contributed by atoms with E-state index >= 15 is 0 Å². The zero-order valence-electron chi connectivity index (χ0n) is 13.0. The molecule has 0 spiro atoms. The Hall–Kier alpha value is -0.760. The van der Waals surface area contributed by atoms with Gasteiger partial charge < -0.3 is 0 Å². The molecule has 9 heteroatoms. The Morgan fingerprint density at radius 1 is 1.26 bits per heavy atom. The molecule has 0 saturated heterocycles. The number of halogens is 2. The lowest BCUT2D eigenvalue weighted by atomic mass is 10.2. The first-order valence-electron chi connectivity index (χ1n) is 6.90. The molecule has 0 fully saturated rings. The zero-order chi connectivity index (χ0) is 17.2. The number of thioether (sulfide) groups is 1. The minimum Gasteiger partial charge on any atom is -0.299 e. The van der Waals surface area contributed by atoms with Crippen LogP contribution < -0.4 is 0 Å². The Morgan fingerprint density at radius 2 is 1.96 bits per heavy atom. The van der Waals surface area contributed by atoms with Gasteiger partial charge in [-0.05, 0) is 32.0 Å². The van der Waals surface area contributed by atoms with E-state index in [4.69, 9.17) is 23.2 Å². The van der Waals surface area contributed by atoms with E-state index in [9.17, 15) is 8.42 Å². The Morgan fingerprint density at radius 3 is 2.52 bits per heavy atom. The highest BCUT2D eigenvalue weighted by Crippen LogP contribution is 2.33. The summed E-state index contributed by atoms with van der Waals surface area (Å²) in [4.78, 5) is 0. The molecule has 126 valence electrons. The molecule has 0 aliphatic carbocycles. The van der Waals surface area contributed by atoms with Crippen LogP contribution in [0.3, 0.4) is 0 Å². The van der Waals surface area contributed by atoms with Crippen molar-refractivity contribution in [1.29, 1.82) is 0 Å². The van der Waals surface area contributed by atoms with Gasteiger partial charge in [0.1, 0.15) is 9.84 Å². The van der Waals surface area contributed by atoms with Crippen molar-refractivity contribution >= 4 is 44.8 Å². The van der Waals surface area contributed by atoms with E-state index in [0.717, 1.165) is 5.56 Å². The van der Waals surface area contributed by atoms with Crippen LogP contribution in [0.5, 0.6) is 0 Å². The molecule has 0 aliphatic heterocycles. The van der Waals surface area contributed by atoms with Crippen LogP contribution in [0.25, 0.3) is 11.4 Å². The van der Waals surface area contributed by atoms with E-state index in [1.54, 1.807) is 18.2 Å². The van der Waals surface area contributed by atoms with Gasteiger partial charge in [0.2, 0.25) is 0 Å². The van der Waals surface area contributed by atoms with Crippen LogP contribution in [0.1, 0.15) is 19.9 Å². The molecular formula is C14H17Cl2N3O2S2. The van der Waals surface area contributed by atoms with Crippen molar-refractivity contribution in [2.75, 3.05) is 17.8 Å². The number of hydrogen-bond acceptors (Lipinski definition) is 5. The van der Waals surface area contributed by atoms with Crippen LogP contribution in [-0.4, -0.2) is 40.9 Å². The molecule has 1 aromatic carbocycles. The summed E-state index contributed by atoms with van der Waals surface area (Å²) >= 11 is 13.6. The Balaban J connectivity index is 2.35. The van der Waals surface area contributed by atoms with Crippen molar-refractivity contribution in [3.8, 4) is 11.4 Å². The summed E-state index contributed by atoms with van der Waals surface area (Å²) < 4.78 is 24.5. The predicted octanol–water partition coefficient (Wildman–Crippen LogP) is 3.97. The minimum atomic E-state index is -3.00. The van der Waals surface area contributed by atoms with Crippen LogP contribution in [0.4, 0.5) is 0 Å². The molecule has 0 radical (unpaired) electrons. The van der Waals surface area contributed by atoms with Gasteiger partial charge in [-0.15, -0.1) is 10.2 Å². The van der Waals surface area contributed by atoms with Crippen molar-refractivity contribution < 1.29 is 8.42 Å². The molecule has 0 aliphatic rings. The highest BCUT2D eigenvalue weighted by atomic mass is 35.5. The normalized spacial score (nSPS) is 12.1. The van der Waals surface area contributed by atoms with E-state index in [2.05, 4.69) is 10.2 Å². The fourth-order valence-electron chi connectivity index (χ4n) is 1.98. The molecule has 2 rings (SSSR count). The van der Waals surface area contributed by atoms with Crippen LogP contribution >= 0.6 is 35.0 Å². The molecule has 0 unspecified atom stereocenters. The highest BCUT2D eigenvalue weighted by molar-refractivity contribution is 8.00. The Kier molecular flexibility index (Phi) is 5.99. The maximum Gasteiger partial charge on any atom is 0.191 e. The molecule has 5 nitrogen and oxygen atoms in total. The summed E-state index contributed by atoms with van der Waals surface area (Å²) in [6.07, 6.45) is 1.22. The molecular weight excluding hydrogens is 377 g/mol. The highest BCUT2D eigenvalue weighted by Gasteiger charge is 2.19. The number of nitrogens with zero attached hydrogens (tertiary/aromatic N) is 3. The second kappa shape index (κ2) is 7.42. The van der Waals surface area contributed by atoms with E-state index in [-0.39, 0.29) is 11.8 Å². The summed E-state index contributed by atoms with van der Waals surface area (Å²) in [6, 6.07) is 5.32. The van der Waals surface area contributed by atoms with Gasteiger partial charge in [-0.2, -0.15) is 0 Å². The first kappa shape index (κ1) is 18.6. The van der Waals surface area contributed by atoms with Crippen molar-refractivity contribution in [3.63, 3.8) is 0 Å². The fourth-order valence-corrected chi connectivity index (χ4v) is 4.73. The minimum absolute atomic E-state index is 0.0969. The van der Waals surface area contributed by atoms with Crippen LogP contribution in [0.2, 0.25) is 10.0 Å². The third kappa shape index (κ3) is 4.86. The molecule has 0 amide bonds. The number of hydrogen-bond donors (Lipinski definition) is 0. The summed E-state index contributed by atoms with van der Waals surface area (Å²) in [7, 11) is -3.00. The van der Waals surface area contributed by atoms with Crippen molar-refractivity contribution in [1.82, 2.24) is 14.8 Å². The predicted molar refractivity (Wildman–Crippen MR) is 96.3 cm³/mol. The monoisotopic (exact) mass is 393 g/mol. The average Bonchev–Trinajstić information content (AvgIpc) is 2.81. The van der Waals surface area contributed by atoms with Gasteiger partial charge in [0.05, 0.1) is 10.8 Å². The first-order valence-corrected chi connectivity index (χ1v) is 10.7. The van der Waals surface area contributed by atoms with Gasteiger partial charge in [-0.25, -0.2) is 8.42 Å². The summed E-state index contributed by atoms with van der Waals surface area (Å²) in [5, 5.41) is 10.1. The molecule has 0 atom stereocenters. The maximum atomic E-state index is 11.3. The van der Waals surface area contributed by atoms with Crippen molar-refractivity contribution in [2.24, 2.45) is 0 Å². The second-order valence-electron chi connectivity index (χ2n) is 5.37. The van der Waals surface area contributed by atoms with Gasteiger partial charge in [0.15, 0.2) is 11.0 Å². The van der Waals surface area contributed by atoms with Gasteiger partial charge in [-0.1, -0.05) is 35.0 Å². The lowest BCUT2D eigenvalue weighted by Crippen LogP contribution is -2.08. The summed E-state index contributed by atoms with van der Waals surface area (Å²) in [6.45, 7) is 4.02. The number of rotatable bonds is 6. The largest absolute Gasteiger partial charge is 0.299 e. The first-order chi connectivity index (χ1) is 10.7. The van der Waals surface area contributed by atoms with E-state index in [1.807, 2.05) is 18.4 Å². The third-order valence-electron chi connectivity index (χ3n) is 3.04. The molecule has 1 aromatic heterocycles. The Labute approximate surface area is 150 Å². The number of aromatic nitrogens is 3. The van der Waals surface area contributed by atoms with Crippen molar-refractivity contribution in [2.45, 2.75) is 25.0 Å². The molecule has 0 bridgehead atoms. The second-order valence-corrected chi connectivity index (χ2v) is 9.54. The molecule has 0 N–H and O–H groups in total. The third-order valence-corrected chi connectivity index (χ3v) is 5.73. The maximum absolute atomic E-state index is 11.3. The van der Waals surface area contributed by atoms with E-state index in [1.165, 1.54) is 18.0 Å². The van der Waals surface area contributed by atoms with Crippen molar-refractivity contribution in [3.05, 3.63) is 28.2 Å². The molecule has 1 heterocycles. The van der Waals surface area contributed by atoms with Gasteiger partial charge in [-0.3, -0.25) is 4.57 Å². The topological polar surface area (TPSA) is 64.8 Å². The standard InChI is InChI=1S/C14H17Cl2N3O2S2/c1-9(2)19-13(11-5-4-10(15)8-12(11)16)17-18-14(19)22-6-7-23(3,20)21/h4-5,8-9H,6-7H2,1-3H3. The van der Waals surface area contributed by atoms with Gasteiger partial charge >= 0.3 is 0 Å². The van der Waals surface area contributed by atoms with E-state index < -0.39 is 9.84 Å². The van der Waals surface area contributed by atoms with E-state index in [0.29, 0.717) is 26.8 Å². The quantitative estimate of drug-likeness (QED) is 0.694. The molecule has 2 aromatic rings. The zero-order valence-corrected chi connectivity index (χ0v) is 16.1.